The number of piperidine rings is 1. The van der Waals surface area contributed by atoms with Crippen molar-refractivity contribution >= 4 is 0 Å². The number of hydrogen-bond acceptors (Lipinski definition) is 1. The van der Waals surface area contributed by atoms with Crippen LogP contribution in [0.15, 0.2) is 0 Å². The maximum Gasteiger partial charge on any atom is 0.00927 e. The van der Waals surface area contributed by atoms with Crippen LogP contribution in [0.3, 0.4) is 0 Å². The van der Waals surface area contributed by atoms with Crippen molar-refractivity contribution in [2.24, 2.45) is 5.92 Å². The molecule has 2 atom stereocenters. The second kappa shape index (κ2) is 7.27. The Labute approximate surface area is 96.2 Å². The van der Waals surface area contributed by atoms with Gasteiger partial charge in [0.1, 0.15) is 0 Å². The fourth-order valence-electron chi connectivity index (χ4n) is 2.85. The third-order valence-electron chi connectivity index (χ3n) is 4.01. The van der Waals surface area contributed by atoms with Crippen molar-refractivity contribution in [1.29, 1.82) is 0 Å². The van der Waals surface area contributed by atoms with Crippen molar-refractivity contribution in [2.45, 2.75) is 71.8 Å². The Morgan fingerprint density at radius 2 is 2.07 bits per heavy atom. The molecular weight excluding hydrogens is 182 g/mol. The minimum Gasteiger partial charge on any atom is -0.300 e. The Kier molecular flexibility index (Phi) is 6.31. The summed E-state index contributed by atoms with van der Waals surface area (Å²) in [5, 5.41) is 0. The van der Waals surface area contributed by atoms with Gasteiger partial charge in [-0.1, -0.05) is 40.0 Å². The van der Waals surface area contributed by atoms with Crippen molar-refractivity contribution in [3.05, 3.63) is 0 Å². The van der Waals surface area contributed by atoms with Crippen molar-refractivity contribution in [3.8, 4) is 0 Å². The van der Waals surface area contributed by atoms with E-state index in [9.17, 15) is 0 Å². The zero-order valence-electron chi connectivity index (χ0n) is 11.0. The first kappa shape index (κ1) is 13.0. The summed E-state index contributed by atoms with van der Waals surface area (Å²) < 4.78 is 0. The van der Waals surface area contributed by atoms with Crippen molar-refractivity contribution in [3.63, 3.8) is 0 Å². The Bertz CT molecular complexity index is 155. The van der Waals surface area contributed by atoms with Gasteiger partial charge in [0.05, 0.1) is 0 Å². The van der Waals surface area contributed by atoms with E-state index in [2.05, 4.69) is 25.7 Å². The first-order valence-corrected chi connectivity index (χ1v) is 7.05. The molecule has 1 saturated heterocycles. The summed E-state index contributed by atoms with van der Waals surface area (Å²) in [5.41, 5.74) is 0. The fourth-order valence-corrected chi connectivity index (χ4v) is 2.85. The summed E-state index contributed by atoms with van der Waals surface area (Å²) in [6.45, 7) is 9.74. The van der Waals surface area contributed by atoms with E-state index >= 15 is 0 Å². The van der Waals surface area contributed by atoms with Gasteiger partial charge in [-0.15, -0.1) is 0 Å². The van der Waals surface area contributed by atoms with Crippen LogP contribution in [0.5, 0.6) is 0 Å². The van der Waals surface area contributed by atoms with Crippen molar-refractivity contribution in [2.75, 3.05) is 13.1 Å². The zero-order valence-corrected chi connectivity index (χ0v) is 11.0. The standard InChI is InChI=1S/C14H29N/c1-4-7-10-14(6-3)15-11-8-9-13(5-2)12-15/h13-14H,4-12H2,1-3H3. The average molecular weight is 211 g/mol. The number of likely N-dealkylation sites (tertiary alicyclic amines) is 1. The Morgan fingerprint density at radius 1 is 1.27 bits per heavy atom. The first-order valence-electron chi connectivity index (χ1n) is 7.05. The SMILES string of the molecule is CCCCC(CC)N1CCCC(CC)C1. The molecule has 1 fully saturated rings. The Morgan fingerprint density at radius 3 is 2.67 bits per heavy atom. The summed E-state index contributed by atoms with van der Waals surface area (Å²) in [4.78, 5) is 2.77. The molecule has 1 heteroatoms. The third kappa shape index (κ3) is 4.14. The van der Waals surface area contributed by atoms with Gasteiger partial charge in [0.15, 0.2) is 0 Å². The van der Waals surface area contributed by atoms with Gasteiger partial charge in [-0.25, -0.2) is 0 Å². The molecule has 0 radical (unpaired) electrons. The molecule has 2 unspecified atom stereocenters. The van der Waals surface area contributed by atoms with Crippen LogP contribution in [-0.2, 0) is 0 Å². The molecule has 1 nitrogen and oxygen atoms in total. The van der Waals surface area contributed by atoms with Gasteiger partial charge < -0.3 is 4.90 Å². The second-order valence-corrected chi connectivity index (χ2v) is 5.12. The van der Waals surface area contributed by atoms with Gasteiger partial charge in [0.2, 0.25) is 0 Å². The molecule has 1 heterocycles. The number of nitrogens with zero attached hydrogens (tertiary/aromatic N) is 1. The summed E-state index contributed by atoms with van der Waals surface area (Å²) in [5.74, 6) is 0.981. The molecule has 0 N–H and O–H groups in total. The van der Waals surface area contributed by atoms with Crippen LogP contribution in [0.25, 0.3) is 0 Å². The normalized spacial score (nSPS) is 25.4. The lowest BCUT2D eigenvalue weighted by molar-refractivity contribution is 0.111. The van der Waals surface area contributed by atoms with Gasteiger partial charge >= 0.3 is 0 Å². The van der Waals surface area contributed by atoms with E-state index in [1.165, 1.54) is 58.0 Å². The topological polar surface area (TPSA) is 3.24 Å². The van der Waals surface area contributed by atoms with E-state index in [-0.39, 0.29) is 0 Å². The lowest BCUT2D eigenvalue weighted by Crippen LogP contribution is -2.42. The molecule has 15 heavy (non-hydrogen) atoms. The van der Waals surface area contributed by atoms with Crippen LogP contribution in [0.1, 0.15) is 65.7 Å². The molecule has 0 aromatic heterocycles. The number of unbranched alkanes of at least 4 members (excludes halogenated alkanes) is 1. The second-order valence-electron chi connectivity index (χ2n) is 5.12. The predicted molar refractivity (Wildman–Crippen MR) is 68.2 cm³/mol. The summed E-state index contributed by atoms with van der Waals surface area (Å²) in [6.07, 6.45) is 9.80. The average Bonchev–Trinajstić information content (AvgIpc) is 2.30. The van der Waals surface area contributed by atoms with Crippen LogP contribution < -0.4 is 0 Å². The molecule has 0 aromatic rings. The molecule has 0 amide bonds. The van der Waals surface area contributed by atoms with E-state index in [0.29, 0.717) is 0 Å². The molecule has 0 bridgehead atoms. The van der Waals surface area contributed by atoms with Crippen LogP contribution in [0.2, 0.25) is 0 Å². The quantitative estimate of drug-likeness (QED) is 0.640. The molecule has 1 aliphatic heterocycles. The number of hydrogen-bond donors (Lipinski definition) is 0. The fraction of sp³-hybridized carbons (Fsp3) is 1.00. The minimum absolute atomic E-state index is 0.874. The molecule has 0 aliphatic carbocycles. The summed E-state index contributed by atoms with van der Waals surface area (Å²) in [7, 11) is 0. The number of rotatable bonds is 6. The van der Waals surface area contributed by atoms with Crippen molar-refractivity contribution in [1.82, 2.24) is 4.90 Å². The molecule has 1 aliphatic rings. The highest BCUT2D eigenvalue weighted by molar-refractivity contribution is 4.78. The third-order valence-corrected chi connectivity index (χ3v) is 4.01. The van der Waals surface area contributed by atoms with Gasteiger partial charge in [0, 0.05) is 12.6 Å². The molecule has 90 valence electrons. The van der Waals surface area contributed by atoms with E-state index in [1.807, 2.05) is 0 Å². The van der Waals surface area contributed by atoms with Gasteiger partial charge in [-0.2, -0.15) is 0 Å². The smallest absolute Gasteiger partial charge is 0.00927 e. The summed E-state index contributed by atoms with van der Waals surface area (Å²) >= 11 is 0. The first-order chi connectivity index (χ1) is 7.31. The van der Waals surface area contributed by atoms with E-state index in [1.54, 1.807) is 0 Å². The predicted octanol–water partition coefficient (Wildman–Crippen LogP) is 4.08. The van der Waals surface area contributed by atoms with Crippen LogP contribution in [-0.4, -0.2) is 24.0 Å². The highest BCUT2D eigenvalue weighted by Gasteiger charge is 2.23. The highest BCUT2D eigenvalue weighted by atomic mass is 15.2. The van der Waals surface area contributed by atoms with Gasteiger partial charge in [-0.05, 0) is 38.1 Å². The monoisotopic (exact) mass is 211 g/mol. The molecular formula is C14H29N. The van der Waals surface area contributed by atoms with E-state index in [4.69, 9.17) is 0 Å². The summed E-state index contributed by atoms with van der Waals surface area (Å²) in [6, 6.07) is 0.874. The molecule has 0 saturated carbocycles. The molecule has 1 rings (SSSR count). The van der Waals surface area contributed by atoms with Crippen molar-refractivity contribution < 1.29 is 0 Å². The minimum atomic E-state index is 0.874. The lowest BCUT2D eigenvalue weighted by Gasteiger charge is -2.38. The van der Waals surface area contributed by atoms with Crippen LogP contribution in [0.4, 0.5) is 0 Å². The highest BCUT2D eigenvalue weighted by Crippen LogP contribution is 2.23. The van der Waals surface area contributed by atoms with E-state index in [0.717, 1.165) is 12.0 Å². The van der Waals surface area contributed by atoms with Gasteiger partial charge in [-0.3, -0.25) is 0 Å². The zero-order chi connectivity index (χ0) is 11.1. The molecule has 0 aromatic carbocycles. The van der Waals surface area contributed by atoms with E-state index < -0.39 is 0 Å². The van der Waals surface area contributed by atoms with Crippen LogP contribution in [0, 0.1) is 5.92 Å². The Balaban J connectivity index is 2.37. The maximum absolute atomic E-state index is 2.77. The van der Waals surface area contributed by atoms with Gasteiger partial charge in [0.25, 0.3) is 0 Å². The largest absolute Gasteiger partial charge is 0.300 e. The maximum atomic E-state index is 2.77. The lowest BCUT2D eigenvalue weighted by atomic mass is 9.93. The van der Waals surface area contributed by atoms with Crippen LogP contribution >= 0.6 is 0 Å². The Hall–Kier alpha value is -0.0400. The molecule has 0 spiro atoms.